The quantitative estimate of drug-likeness (QED) is 0.515. The molecule has 5 unspecified atom stereocenters. The van der Waals surface area contributed by atoms with Gasteiger partial charge in [-0.3, -0.25) is 8.74 Å². The molecule has 6 rings (SSSR count). The van der Waals surface area contributed by atoms with E-state index in [1.165, 1.54) is 18.2 Å². The summed E-state index contributed by atoms with van der Waals surface area (Å²) in [6, 6.07) is 6.02. The Labute approximate surface area is 194 Å². The zero-order valence-corrected chi connectivity index (χ0v) is 20.5. The highest BCUT2D eigenvalue weighted by Gasteiger charge is 2.76. The summed E-state index contributed by atoms with van der Waals surface area (Å²) in [7, 11) is -8.41. The van der Waals surface area contributed by atoms with Gasteiger partial charge in [-0.15, -0.1) is 0 Å². The van der Waals surface area contributed by atoms with Crippen LogP contribution in [0.5, 0.6) is 5.75 Å². The largest absolute Gasteiger partial charge is 0.480 e. The average Bonchev–Trinajstić information content (AvgIpc) is 3.38. The van der Waals surface area contributed by atoms with E-state index in [0.717, 1.165) is 40.7 Å². The fourth-order valence-electron chi connectivity index (χ4n) is 6.90. The third kappa shape index (κ3) is 2.51. The monoisotopic (exact) mass is 490 g/mol. The Balaban J connectivity index is 1.62. The summed E-state index contributed by atoms with van der Waals surface area (Å²) in [5, 5.41) is 0. The van der Waals surface area contributed by atoms with Crippen LogP contribution in [0.4, 0.5) is 0 Å². The lowest BCUT2D eigenvalue weighted by Gasteiger charge is -2.56. The molecule has 2 aromatic carbocycles. The zero-order valence-electron chi connectivity index (χ0n) is 18.9. The number of benzene rings is 2. The number of hydrogen-bond donors (Lipinski definition) is 1. The van der Waals surface area contributed by atoms with E-state index in [1.54, 1.807) is 13.0 Å². The van der Waals surface area contributed by atoms with Crippen molar-refractivity contribution in [2.45, 2.75) is 79.8 Å². The summed E-state index contributed by atoms with van der Waals surface area (Å²) in [5.41, 5.74) is 3.27. The summed E-state index contributed by atoms with van der Waals surface area (Å²) < 4.78 is 72.2. The van der Waals surface area contributed by atoms with E-state index in [2.05, 4.69) is 13.8 Å². The molecule has 0 aromatic heterocycles. The molecule has 33 heavy (non-hydrogen) atoms. The maximum Gasteiger partial charge on any atom is 0.298 e. The van der Waals surface area contributed by atoms with E-state index in [9.17, 15) is 21.4 Å². The minimum Gasteiger partial charge on any atom is -0.480 e. The Bertz CT molecular complexity index is 1460. The van der Waals surface area contributed by atoms with Crippen molar-refractivity contribution in [2.24, 2.45) is 5.92 Å². The molecule has 1 aliphatic heterocycles. The maximum atomic E-state index is 13.3. The van der Waals surface area contributed by atoms with Gasteiger partial charge in [-0.05, 0) is 72.9 Å². The number of rotatable bonds is 3. The molecule has 1 fully saturated rings. The summed E-state index contributed by atoms with van der Waals surface area (Å²) in [6.45, 7) is 7.87. The van der Waals surface area contributed by atoms with E-state index in [0.29, 0.717) is 11.3 Å². The molecule has 0 bridgehead atoms. The van der Waals surface area contributed by atoms with Crippen molar-refractivity contribution in [1.29, 1.82) is 0 Å². The molecule has 1 heterocycles. The molecule has 0 saturated heterocycles. The van der Waals surface area contributed by atoms with E-state index in [1.807, 2.05) is 6.92 Å². The number of hydrogen-bond acceptors (Lipinski definition) is 6. The lowest BCUT2D eigenvalue weighted by atomic mass is 9.54. The minimum absolute atomic E-state index is 0.0678. The first-order chi connectivity index (χ1) is 15.3. The van der Waals surface area contributed by atoms with Gasteiger partial charge in [-0.25, -0.2) is 0 Å². The molecule has 3 aliphatic carbocycles. The van der Waals surface area contributed by atoms with Crippen molar-refractivity contribution in [3.8, 4) is 5.75 Å². The Morgan fingerprint density at radius 3 is 2.36 bits per heavy atom. The summed E-state index contributed by atoms with van der Waals surface area (Å²) >= 11 is 0. The molecule has 1 spiro atoms. The lowest BCUT2D eigenvalue weighted by molar-refractivity contribution is -0.00197. The van der Waals surface area contributed by atoms with E-state index >= 15 is 0 Å². The molecule has 2 aromatic rings. The molecule has 0 amide bonds. The van der Waals surface area contributed by atoms with Crippen LogP contribution in [0, 0.1) is 5.92 Å². The van der Waals surface area contributed by atoms with Gasteiger partial charge in [-0.2, -0.15) is 16.8 Å². The topological polar surface area (TPSA) is 107 Å². The van der Waals surface area contributed by atoms with Gasteiger partial charge in [0.05, 0.1) is 6.10 Å². The summed E-state index contributed by atoms with van der Waals surface area (Å²) in [6.07, 6.45) is 1.71. The zero-order chi connectivity index (χ0) is 23.7. The summed E-state index contributed by atoms with van der Waals surface area (Å²) in [5.74, 6) is 0.461. The van der Waals surface area contributed by atoms with Crippen LogP contribution >= 0.6 is 0 Å². The molecule has 176 valence electrons. The SMILES string of the molecule is CC1Cc2c3c(c4c(c2S(=O)(=O)O1)C1(CC1C)C4(C)Oc1ccccc1S(=O)(=O)O)CC3C. The third-order valence-electron chi connectivity index (χ3n) is 8.26. The molecular weight excluding hydrogens is 464 g/mol. The third-order valence-corrected chi connectivity index (χ3v) is 10.7. The molecule has 4 aliphatic rings. The van der Waals surface area contributed by atoms with Gasteiger partial charge in [0.1, 0.15) is 21.1 Å². The molecule has 1 N–H and O–H groups in total. The van der Waals surface area contributed by atoms with Gasteiger partial charge < -0.3 is 4.74 Å². The van der Waals surface area contributed by atoms with Crippen LogP contribution in [0.25, 0.3) is 0 Å². The highest BCUT2D eigenvalue weighted by molar-refractivity contribution is 7.87. The number of para-hydroxylation sites is 1. The van der Waals surface area contributed by atoms with Gasteiger partial charge in [0.15, 0.2) is 0 Å². The molecule has 7 nitrogen and oxygen atoms in total. The summed E-state index contributed by atoms with van der Waals surface area (Å²) in [4.78, 5) is 0.0208. The Hall–Kier alpha value is -1.94. The van der Waals surface area contributed by atoms with Gasteiger partial charge >= 0.3 is 0 Å². The van der Waals surface area contributed by atoms with Crippen molar-refractivity contribution in [1.82, 2.24) is 0 Å². The fourth-order valence-corrected chi connectivity index (χ4v) is 9.14. The normalized spacial score (nSPS) is 35.0. The van der Waals surface area contributed by atoms with Crippen LogP contribution < -0.4 is 4.74 Å². The first-order valence-electron chi connectivity index (χ1n) is 11.2. The molecule has 1 saturated carbocycles. The van der Waals surface area contributed by atoms with Crippen LogP contribution in [0.3, 0.4) is 0 Å². The molecule has 9 heteroatoms. The minimum atomic E-state index is -4.49. The number of ether oxygens (including phenoxy) is 1. The predicted molar refractivity (Wildman–Crippen MR) is 120 cm³/mol. The highest BCUT2D eigenvalue weighted by atomic mass is 32.2. The standard InChI is InChI=1S/C24H26O7S2/c1-12-9-15-19(12)16-10-14(3)31-33(28,29)22(16)21-20(15)23(4,24(21)11-13(24)2)30-17-7-5-6-8-18(17)32(25,26)27/h5-8,12-14H,9-11H2,1-4H3,(H,25,26,27). The predicted octanol–water partition coefficient (Wildman–Crippen LogP) is 3.83. The molecular formula is C24H26O7S2. The first kappa shape index (κ1) is 21.6. The van der Waals surface area contributed by atoms with Crippen LogP contribution in [-0.2, 0) is 48.3 Å². The maximum absolute atomic E-state index is 13.3. The smallest absolute Gasteiger partial charge is 0.298 e. The lowest BCUT2D eigenvalue weighted by Crippen LogP contribution is -2.57. The van der Waals surface area contributed by atoms with Crippen molar-refractivity contribution < 1.29 is 30.3 Å². The Morgan fingerprint density at radius 2 is 1.76 bits per heavy atom. The van der Waals surface area contributed by atoms with Gasteiger partial charge in [-0.1, -0.05) is 26.0 Å². The van der Waals surface area contributed by atoms with Crippen LogP contribution in [0.1, 0.15) is 67.9 Å². The van der Waals surface area contributed by atoms with Crippen molar-refractivity contribution >= 4 is 20.2 Å². The van der Waals surface area contributed by atoms with Crippen molar-refractivity contribution in [3.05, 3.63) is 52.1 Å². The second kappa shape index (κ2) is 6.19. The Kier molecular flexibility index (Phi) is 4.05. The van der Waals surface area contributed by atoms with Gasteiger partial charge in [0.2, 0.25) is 0 Å². The van der Waals surface area contributed by atoms with E-state index < -0.39 is 37.4 Å². The van der Waals surface area contributed by atoms with E-state index in [4.69, 9.17) is 8.92 Å². The van der Waals surface area contributed by atoms with Crippen LogP contribution in [0.15, 0.2) is 34.1 Å². The van der Waals surface area contributed by atoms with Crippen LogP contribution in [0.2, 0.25) is 0 Å². The van der Waals surface area contributed by atoms with Gasteiger partial charge in [0.25, 0.3) is 20.2 Å². The van der Waals surface area contributed by atoms with Crippen LogP contribution in [-0.4, -0.2) is 27.5 Å². The van der Waals surface area contributed by atoms with E-state index in [-0.39, 0.29) is 22.5 Å². The Morgan fingerprint density at radius 1 is 1.09 bits per heavy atom. The fraction of sp³-hybridized carbons (Fsp3) is 0.500. The second-order valence-electron chi connectivity index (χ2n) is 10.3. The second-order valence-corrected chi connectivity index (χ2v) is 13.2. The van der Waals surface area contributed by atoms with Crippen molar-refractivity contribution in [3.63, 3.8) is 0 Å². The molecule has 0 radical (unpaired) electrons. The number of fused-ring (bicyclic) bond motifs is 7. The van der Waals surface area contributed by atoms with Crippen molar-refractivity contribution in [2.75, 3.05) is 0 Å². The molecule has 5 atom stereocenters. The first-order valence-corrected chi connectivity index (χ1v) is 14.1. The average molecular weight is 491 g/mol. The van der Waals surface area contributed by atoms with Gasteiger partial charge in [0, 0.05) is 17.4 Å². The highest BCUT2D eigenvalue weighted by Crippen LogP contribution is 2.76.